The molecule has 16 heavy (non-hydrogen) atoms. The summed E-state index contributed by atoms with van der Waals surface area (Å²) in [5, 5.41) is 12.3. The monoisotopic (exact) mass is 305 g/mol. The fourth-order valence-corrected chi connectivity index (χ4v) is 1.86. The summed E-state index contributed by atoms with van der Waals surface area (Å²) < 4.78 is 0.985. The van der Waals surface area contributed by atoms with E-state index in [-0.39, 0.29) is 6.42 Å². The van der Waals surface area contributed by atoms with Gasteiger partial charge in [0.05, 0.1) is 0 Å². The molecule has 0 bridgehead atoms. The summed E-state index contributed by atoms with van der Waals surface area (Å²) in [4.78, 5) is 10.3. The maximum Gasteiger partial charge on any atom is 0.303 e. The highest BCUT2D eigenvalue weighted by molar-refractivity contribution is 9.10. The van der Waals surface area contributed by atoms with E-state index in [1.165, 1.54) is 0 Å². The molecule has 0 heterocycles. The standard InChI is InChI=1S/C11H13BrClNO2/c12-9-3-4-10(13)8(6-9)7-14-5-1-2-11(15)16/h3-4,6,14H,1-2,5,7H2,(H,15,16). The summed E-state index contributed by atoms with van der Waals surface area (Å²) >= 11 is 9.38. The van der Waals surface area contributed by atoms with Crippen LogP contribution in [-0.4, -0.2) is 17.6 Å². The van der Waals surface area contributed by atoms with E-state index >= 15 is 0 Å². The molecule has 0 aliphatic rings. The van der Waals surface area contributed by atoms with Crippen molar-refractivity contribution in [3.05, 3.63) is 33.3 Å². The summed E-state index contributed by atoms with van der Waals surface area (Å²) in [6.45, 7) is 1.33. The molecule has 0 saturated carbocycles. The molecular formula is C11H13BrClNO2. The normalized spacial score (nSPS) is 10.4. The molecule has 0 fully saturated rings. The Kier molecular flexibility index (Phi) is 5.80. The maximum atomic E-state index is 10.3. The number of benzene rings is 1. The molecule has 0 saturated heterocycles. The summed E-state index contributed by atoms with van der Waals surface area (Å²) in [5.74, 6) is -0.762. The second-order valence-electron chi connectivity index (χ2n) is 3.41. The van der Waals surface area contributed by atoms with Crippen LogP contribution in [0.25, 0.3) is 0 Å². The minimum atomic E-state index is -0.762. The first-order valence-electron chi connectivity index (χ1n) is 4.96. The molecular weight excluding hydrogens is 293 g/mol. The van der Waals surface area contributed by atoms with Gasteiger partial charge in [-0.05, 0) is 36.7 Å². The topological polar surface area (TPSA) is 49.3 Å². The van der Waals surface area contributed by atoms with Gasteiger partial charge in [0.15, 0.2) is 0 Å². The van der Waals surface area contributed by atoms with Gasteiger partial charge in [0.1, 0.15) is 0 Å². The number of carboxylic acid groups (broad SMARTS) is 1. The Morgan fingerprint density at radius 3 is 2.94 bits per heavy atom. The Morgan fingerprint density at radius 1 is 1.50 bits per heavy atom. The third-order valence-corrected chi connectivity index (χ3v) is 2.93. The van der Waals surface area contributed by atoms with Gasteiger partial charge in [-0.15, -0.1) is 0 Å². The zero-order chi connectivity index (χ0) is 12.0. The Morgan fingerprint density at radius 2 is 2.25 bits per heavy atom. The molecule has 5 heteroatoms. The second kappa shape index (κ2) is 6.89. The summed E-state index contributed by atoms with van der Waals surface area (Å²) in [7, 11) is 0. The molecule has 0 amide bonds. The van der Waals surface area contributed by atoms with Crippen molar-refractivity contribution in [1.82, 2.24) is 5.32 Å². The third kappa shape index (κ3) is 4.96. The lowest BCUT2D eigenvalue weighted by molar-refractivity contribution is -0.137. The van der Waals surface area contributed by atoms with Gasteiger partial charge >= 0.3 is 5.97 Å². The van der Waals surface area contributed by atoms with Gasteiger partial charge in [-0.3, -0.25) is 4.79 Å². The Balaban J connectivity index is 2.31. The Bertz CT molecular complexity index is 371. The minimum Gasteiger partial charge on any atom is -0.481 e. The molecule has 0 aliphatic carbocycles. The SMILES string of the molecule is O=C(O)CCCNCc1cc(Br)ccc1Cl. The molecule has 0 spiro atoms. The molecule has 0 aromatic heterocycles. The minimum absolute atomic E-state index is 0.194. The molecule has 2 N–H and O–H groups in total. The lowest BCUT2D eigenvalue weighted by Gasteiger charge is -2.06. The van der Waals surface area contributed by atoms with Gasteiger partial charge in [0.25, 0.3) is 0 Å². The van der Waals surface area contributed by atoms with Gasteiger partial charge in [-0.2, -0.15) is 0 Å². The predicted molar refractivity (Wildman–Crippen MR) is 67.7 cm³/mol. The van der Waals surface area contributed by atoms with Crippen LogP contribution in [-0.2, 0) is 11.3 Å². The number of hydrogen-bond acceptors (Lipinski definition) is 2. The molecule has 1 aromatic carbocycles. The van der Waals surface area contributed by atoms with E-state index in [4.69, 9.17) is 16.7 Å². The van der Waals surface area contributed by atoms with Crippen molar-refractivity contribution < 1.29 is 9.90 Å². The Labute approximate surface area is 108 Å². The van der Waals surface area contributed by atoms with Gasteiger partial charge < -0.3 is 10.4 Å². The van der Waals surface area contributed by atoms with Crippen LogP contribution in [0.5, 0.6) is 0 Å². The van der Waals surface area contributed by atoms with Gasteiger partial charge in [-0.25, -0.2) is 0 Å². The first kappa shape index (κ1) is 13.5. The van der Waals surface area contributed by atoms with E-state index in [9.17, 15) is 4.79 Å². The molecule has 3 nitrogen and oxygen atoms in total. The number of carbonyl (C=O) groups is 1. The van der Waals surface area contributed by atoms with E-state index in [2.05, 4.69) is 21.2 Å². The van der Waals surface area contributed by atoms with Crippen molar-refractivity contribution in [3.63, 3.8) is 0 Å². The zero-order valence-electron chi connectivity index (χ0n) is 8.67. The maximum absolute atomic E-state index is 10.3. The molecule has 0 atom stereocenters. The van der Waals surface area contributed by atoms with E-state index in [0.717, 1.165) is 10.0 Å². The van der Waals surface area contributed by atoms with Crippen LogP contribution in [0, 0.1) is 0 Å². The van der Waals surface area contributed by atoms with Crippen molar-refractivity contribution in [1.29, 1.82) is 0 Å². The van der Waals surface area contributed by atoms with Crippen molar-refractivity contribution in [2.45, 2.75) is 19.4 Å². The summed E-state index contributed by atoms with van der Waals surface area (Å²) in [5.41, 5.74) is 1.01. The van der Waals surface area contributed by atoms with Gasteiger partial charge in [0, 0.05) is 22.5 Å². The van der Waals surface area contributed by atoms with Crippen molar-refractivity contribution in [2.75, 3.05) is 6.54 Å². The molecule has 0 aliphatic heterocycles. The summed E-state index contributed by atoms with van der Waals surface area (Å²) in [6, 6.07) is 5.67. The average molecular weight is 307 g/mol. The highest BCUT2D eigenvalue weighted by Gasteiger charge is 2.01. The molecule has 0 radical (unpaired) electrons. The molecule has 88 valence electrons. The van der Waals surface area contributed by atoms with Gasteiger partial charge in [0.2, 0.25) is 0 Å². The van der Waals surface area contributed by atoms with Crippen molar-refractivity contribution in [3.8, 4) is 0 Å². The highest BCUT2D eigenvalue weighted by Crippen LogP contribution is 2.20. The number of rotatable bonds is 6. The number of halogens is 2. The van der Waals surface area contributed by atoms with Crippen LogP contribution in [0.3, 0.4) is 0 Å². The van der Waals surface area contributed by atoms with E-state index in [1.807, 2.05) is 18.2 Å². The molecule has 1 aromatic rings. The van der Waals surface area contributed by atoms with Crippen LogP contribution >= 0.6 is 27.5 Å². The van der Waals surface area contributed by atoms with Crippen LogP contribution < -0.4 is 5.32 Å². The first-order chi connectivity index (χ1) is 7.59. The predicted octanol–water partition coefficient (Wildman–Crippen LogP) is 3.06. The smallest absolute Gasteiger partial charge is 0.303 e. The van der Waals surface area contributed by atoms with Crippen LogP contribution in [0.15, 0.2) is 22.7 Å². The lowest BCUT2D eigenvalue weighted by Crippen LogP contribution is -2.16. The quantitative estimate of drug-likeness (QED) is 0.794. The molecule has 0 unspecified atom stereocenters. The lowest BCUT2D eigenvalue weighted by atomic mass is 10.2. The largest absolute Gasteiger partial charge is 0.481 e. The highest BCUT2D eigenvalue weighted by atomic mass is 79.9. The van der Waals surface area contributed by atoms with Crippen molar-refractivity contribution in [2.24, 2.45) is 0 Å². The van der Waals surface area contributed by atoms with E-state index in [0.29, 0.717) is 24.5 Å². The molecule has 1 rings (SSSR count). The van der Waals surface area contributed by atoms with E-state index < -0.39 is 5.97 Å². The Hall–Kier alpha value is -0.580. The zero-order valence-corrected chi connectivity index (χ0v) is 11.0. The van der Waals surface area contributed by atoms with Crippen LogP contribution in [0.4, 0.5) is 0 Å². The average Bonchev–Trinajstić information content (AvgIpc) is 2.22. The second-order valence-corrected chi connectivity index (χ2v) is 4.73. The third-order valence-electron chi connectivity index (χ3n) is 2.07. The van der Waals surface area contributed by atoms with Crippen LogP contribution in [0.2, 0.25) is 5.02 Å². The first-order valence-corrected chi connectivity index (χ1v) is 6.13. The summed E-state index contributed by atoms with van der Waals surface area (Å²) in [6.07, 6.45) is 0.820. The number of nitrogens with one attached hydrogen (secondary N) is 1. The fourth-order valence-electron chi connectivity index (χ4n) is 1.27. The number of hydrogen-bond donors (Lipinski definition) is 2. The van der Waals surface area contributed by atoms with Gasteiger partial charge in [-0.1, -0.05) is 27.5 Å². The van der Waals surface area contributed by atoms with Crippen LogP contribution in [0.1, 0.15) is 18.4 Å². The number of carboxylic acids is 1. The number of aliphatic carboxylic acids is 1. The fraction of sp³-hybridized carbons (Fsp3) is 0.364. The van der Waals surface area contributed by atoms with Crippen molar-refractivity contribution >= 4 is 33.5 Å². The van der Waals surface area contributed by atoms with E-state index in [1.54, 1.807) is 0 Å².